The van der Waals surface area contributed by atoms with Gasteiger partial charge in [-0.2, -0.15) is 0 Å². The molecule has 9 nitrogen and oxygen atoms in total. The van der Waals surface area contributed by atoms with Gasteiger partial charge in [-0.25, -0.2) is 13.1 Å². The number of carbonyl (C=O) groups excluding carboxylic acids is 2. The van der Waals surface area contributed by atoms with Gasteiger partial charge in [0.2, 0.25) is 15.9 Å². The second-order valence-electron chi connectivity index (χ2n) is 7.20. The third-order valence-electron chi connectivity index (χ3n) is 4.71. The molecule has 1 amide bonds. The molecule has 1 aromatic carbocycles. The summed E-state index contributed by atoms with van der Waals surface area (Å²) in [5, 5.41) is 5.33. The molecule has 1 aliphatic carbocycles. The molecule has 0 saturated heterocycles. The Morgan fingerprint density at radius 3 is 2.39 bits per heavy atom. The minimum absolute atomic E-state index is 0.0170. The largest absolute Gasteiger partial charge is 0.463 e. The van der Waals surface area contributed by atoms with E-state index in [1.165, 1.54) is 19.2 Å². The SMILES string of the molecule is COCCOC(=O)CCC(=O)NC(=S)Nc1ccc(S(=O)(=O)NC2CCCCC2)cc1. The van der Waals surface area contributed by atoms with Gasteiger partial charge >= 0.3 is 5.97 Å². The van der Waals surface area contributed by atoms with Gasteiger partial charge in [0.1, 0.15) is 6.61 Å². The molecule has 0 heterocycles. The van der Waals surface area contributed by atoms with Crippen LogP contribution < -0.4 is 15.4 Å². The third-order valence-corrected chi connectivity index (χ3v) is 6.45. The highest BCUT2D eigenvalue weighted by atomic mass is 32.2. The number of methoxy groups -OCH3 is 1. The van der Waals surface area contributed by atoms with Crippen LogP contribution in [0.5, 0.6) is 0 Å². The standard InChI is InChI=1S/C20H29N3O6S2/c1-28-13-14-29-19(25)12-11-18(24)22-20(30)21-15-7-9-17(10-8-15)31(26,27)23-16-5-3-2-4-6-16/h7-10,16,23H,2-6,11-14H2,1H3,(H2,21,22,24,30). The molecule has 3 N–H and O–H groups in total. The van der Waals surface area contributed by atoms with Gasteiger partial charge in [-0.05, 0) is 49.3 Å². The number of esters is 1. The lowest BCUT2D eigenvalue weighted by molar-refractivity contribution is -0.146. The van der Waals surface area contributed by atoms with Crippen molar-refractivity contribution in [3.63, 3.8) is 0 Å². The molecular weight excluding hydrogens is 442 g/mol. The molecule has 0 radical (unpaired) electrons. The van der Waals surface area contributed by atoms with Crippen LogP contribution in [0.25, 0.3) is 0 Å². The minimum atomic E-state index is -3.58. The number of benzene rings is 1. The fourth-order valence-electron chi connectivity index (χ4n) is 3.10. The second-order valence-corrected chi connectivity index (χ2v) is 9.32. The Bertz CT molecular complexity index is 852. The summed E-state index contributed by atoms with van der Waals surface area (Å²) in [5.41, 5.74) is 0.529. The maximum atomic E-state index is 12.5. The molecule has 0 aromatic heterocycles. The molecule has 0 spiro atoms. The average molecular weight is 472 g/mol. The van der Waals surface area contributed by atoms with E-state index < -0.39 is 21.9 Å². The van der Waals surface area contributed by atoms with Crippen LogP contribution in [0.3, 0.4) is 0 Å². The molecule has 0 aliphatic heterocycles. The average Bonchev–Trinajstić information content (AvgIpc) is 2.73. The first-order valence-electron chi connectivity index (χ1n) is 10.2. The Labute approximate surface area is 188 Å². The fraction of sp³-hybridized carbons (Fsp3) is 0.550. The summed E-state index contributed by atoms with van der Waals surface area (Å²) >= 11 is 5.09. The van der Waals surface area contributed by atoms with Crippen molar-refractivity contribution in [2.75, 3.05) is 25.6 Å². The van der Waals surface area contributed by atoms with Crippen molar-refractivity contribution in [1.29, 1.82) is 0 Å². The Morgan fingerprint density at radius 2 is 1.74 bits per heavy atom. The number of anilines is 1. The van der Waals surface area contributed by atoms with E-state index in [1.54, 1.807) is 12.1 Å². The predicted molar refractivity (Wildman–Crippen MR) is 120 cm³/mol. The van der Waals surface area contributed by atoms with Crippen LogP contribution in [0.1, 0.15) is 44.9 Å². The highest BCUT2D eigenvalue weighted by Crippen LogP contribution is 2.20. The second kappa shape index (κ2) is 12.7. The summed E-state index contributed by atoms with van der Waals surface area (Å²) in [6, 6.07) is 6.08. The summed E-state index contributed by atoms with van der Waals surface area (Å²) in [7, 11) is -2.08. The molecular formula is C20H29N3O6S2. The van der Waals surface area contributed by atoms with Crippen LogP contribution >= 0.6 is 12.2 Å². The molecule has 1 saturated carbocycles. The Balaban J connectivity index is 1.77. The van der Waals surface area contributed by atoms with E-state index in [-0.39, 0.29) is 35.5 Å². The smallest absolute Gasteiger partial charge is 0.306 e. The predicted octanol–water partition coefficient (Wildman–Crippen LogP) is 2.08. The first-order chi connectivity index (χ1) is 14.8. The van der Waals surface area contributed by atoms with Gasteiger partial charge in [-0.1, -0.05) is 19.3 Å². The van der Waals surface area contributed by atoms with E-state index in [1.807, 2.05) is 0 Å². The van der Waals surface area contributed by atoms with Crippen molar-refractivity contribution >= 4 is 44.9 Å². The number of carbonyl (C=O) groups is 2. The van der Waals surface area contributed by atoms with Crippen molar-refractivity contribution in [3.8, 4) is 0 Å². The topological polar surface area (TPSA) is 123 Å². The van der Waals surface area contributed by atoms with E-state index in [2.05, 4.69) is 15.4 Å². The molecule has 1 fully saturated rings. The highest BCUT2D eigenvalue weighted by molar-refractivity contribution is 7.89. The van der Waals surface area contributed by atoms with Crippen molar-refractivity contribution in [3.05, 3.63) is 24.3 Å². The van der Waals surface area contributed by atoms with Gasteiger partial charge in [0, 0.05) is 25.3 Å². The van der Waals surface area contributed by atoms with E-state index in [0.717, 1.165) is 32.1 Å². The summed E-state index contributed by atoms with van der Waals surface area (Å²) < 4.78 is 37.5. The molecule has 1 aliphatic rings. The van der Waals surface area contributed by atoms with Gasteiger partial charge in [0.15, 0.2) is 5.11 Å². The summed E-state index contributed by atoms with van der Waals surface area (Å²) in [4.78, 5) is 23.5. The molecule has 172 valence electrons. The number of rotatable bonds is 10. The maximum absolute atomic E-state index is 12.5. The fourth-order valence-corrected chi connectivity index (χ4v) is 4.64. The van der Waals surface area contributed by atoms with Crippen LogP contribution in [0.2, 0.25) is 0 Å². The quantitative estimate of drug-likeness (QED) is 0.269. The summed E-state index contributed by atoms with van der Waals surface area (Å²) in [6.45, 7) is 0.432. The molecule has 0 unspecified atom stereocenters. The van der Waals surface area contributed by atoms with E-state index >= 15 is 0 Å². The van der Waals surface area contributed by atoms with Gasteiger partial charge in [-0.15, -0.1) is 0 Å². The molecule has 1 aromatic rings. The first kappa shape index (κ1) is 25.2. The third kappa shape index (κ3) is 9.30. The minimum Gasteiger partial charge on any atom is -0.463 e. The van der Waals surface area contributed by atoms with E-state index in [9.17, 15) is 18.0 Å². The summed E-state index contributed by atoms with van der Waals surface area (Å²) in [5.74, 6) is -0.929. The molecule has 11 heteroatoms. The zero-order valence-electron chi connectivity index (χ0n) is 17.5. The van der Waals surface area contributed by atoms with Crippen molar-refractivity contribution in [2.24, 2.45) is 0 Å². The van der Waals surface area contributed by atoms with Crippen molar-refractivity contribution in [2.45, 2.75) is 55.9 Å². The highest BCUT2D eigenvalue weighted by Gasteiger charge is 2.21. The molecule has 31 heavy (non-hydrogen) atoms. The van der Waals surface area contributed by atoms with Gasteiger partial charge in [-0.3, -0.25) is 9.59 Å². The lowest BCUT2D eigenvalue weighted by atomic mass is 9.96. The van der Waals surface area contributed by atoms with Gasteiger partial charge < -0.3 is 20.1 Å². The Kier molecular flexibility index (Phi) is 10.3. The zero-order valence-corrected chi connectivity index (χ0v) is 19.1. The number of thiocarbonyl (C=S) groups is 1. The number of ether oxygens (including phenoxy) is 2. The van der Waals surface area contributed by atoms with Crippen LogP contribution in [-0.2, 0) is 29.1 Å². The van der Waals surface area contributed by atoms with Crippen molar-refractivity contribution < 1.29 is 27.5 Å². The van der Waals surface area contributed by atoms with Gasteiger partial charge in [0.05, 0.1) is 17.9 Å². The lowest BCUT2D eigenvalue weighted by Gasteiger charge is -2.22. The molecule has 2 rings (SSSR count). The van der Waals surface area contributed by atoms with Crippen LogP contribution in [0.15, 0.2) is 29.2 Å². The van der Waals surface area contributed by atoms with Crippen LogP contribution in [-0.4, -0.2) is 51.8 Å². The van der Waals surface area contributed by atoms with E-state index in [0.29, 0.717) is 12.3 Å². The molecule has 0 bridgehead atoms. The zero-order chi connectivity index (χ0) is 22.7. The number of hydrogen-bond donors (Lipinski definition) is 3. The maximum Gasteiger partial charge on any atom is 0.306 e. The Morgan fingerprint density at radius 1 is 1.06 bits per heavy atom. The van der Waals surface area contributed by atoms with Gasteiger partial charge in [0.25, 0.3) is 0 Å². The number of sulfonamides is 1. The normalized spacial score (nSPS) is 14.6. The first-order valence-corrected chi connectivity index (χ1v) is 12.1. The van der Waals surface area contributed by atoms with E-state index in [4.69, 9.17) is 21.7 Å². The Hall–Kier alpha value is -2.08. The molecule has 0 atom stereocenters. The van der Waals surface area contributed by atoms with Crippen LogP contribution in [0, 0.1) is 0 Å². The number of nitrogens with one attached hydrogen (secondary N) is 3. The lowest BCUT2D eigenvalue weighted by Crippen LogP contribution is -2.36. The van der Waals surface area contributed by atoms with Crippen LogP contribution in [0.4, 0.5) is 5.69 Å². The number of hydrogen-bond acceptors (Lipinski definition) is 7. The van der Waals surface area contributed by atoms with Crippen molar-refractivity contribution in [1.82, 2.24) is 10.0 Å². The number of amides is 1. The summed E-state index contributed by atoms with van der Waals surface area (Å²) in [6.07, 6.45) is 4.79. The monoisotopic (exact) mass is 471 g/mol.